The Bertz CT molecular complexity index is 1230. The van der Waals surface area contributed by atoms with Crippen LogP contribution < -0.4 is 15.4 Å². The van der Waals surface area contributed by atoms with Gasteiger partial charge in [0.15, 0.2) is 0 Å². The van der Waals surface area contributed by atoms with Crippen LogP contribution in [0.2, 0.25) is 0 Å². The number of unbranched alkanes of at least 4 members (excludes halogenated alkanes) is 1. The highest BCUT2D eigenvalue weighted by Crippen LogP contribution is 2.33. The number of hydrogen-bond acceptors (Lipinski definition) is 5. The normalized spacial score (nSPS) is 13.9. The lowest BCUT2D eigenvalue weighted by atomic mass is 9.81. The molecule has 0 unspecified atom stereocenters. The molecule has 0 fully saturated rings. The van der Waals surface area contributed by atoms with E-state index in [2.05, 4.69) is 89.1 Å². The average molecular weight is 623 g/mol. The molecule has 0 radical (unpaired) electrons. The average Bonchev–Trinajstić information content (AvgIpc) is 2.94. The monoisotopic (exact) mass is 622 g/mol. The third-order valence-electron chi connectivity index (χ3n) is 7.91. The number of nitrogens with one attached hydrogen (secondary N) is 2. The van der Waals surface area contributed by atoms with Gasteiger partial charge in [-0.15, -0.1) is 0 Å². The maximum atomic E-state index is 12.9. The number of aliphatic hydroxyl groups excluding tert-OH is 1. The number of benzene rings is 2. The van der Waals surface area contributed by atoms with Crippen LogP contribution >= 0.6 is 0 Å². The first kappa shape index (κ1) is 37.9. The van der Waals surface area contributed by atoms with Crippen molar-refractivity contribution in [2.75, 3.05) is 6.54 Å². The smallest absolute Gasteiger partial charge is 0.407 e. The van der Waals surface area contributed by atoms with Crippen LogP contribution in [0, 0.1) is 11.8 Å². The molecule has 0 bridgehead atoms. The quantitative estimate of drug-likeness (QED) is 0.131. The van der Waals surface area contributed by atoms with Gasteiger partial charge in [-0.2, -0.15) is 0 Å². The Morgan fingerprint density at radius 1 is 1.00 bits per heavy atom. The van der Waals surface area contributed by atoms with Crippen molar-refractivity contribution in [1.82, 2.24) is 10.6 Å². The van der Waals surface area contributed by atoms with Crippen molar-refractivity contribution in [1.29, 1.82) is 0 Å². The molecule has 250 valence electrons. The van der Waals surface area contributed by atoms with Crippen molar-refractivity contribution in [2.24, 2.45) is 11.8 Å². The number of ether oxygens (including phenoxy) is 2. The molecule has 0 saturated carbocycles. The molecule has 0 heterocycles. The van der Waals surface area contributed by atoms with Crippen LogP contribution in [0.1, 0.15) is 105 Å². The van der Waals surface area contributed by atoms with Crippen molar-refractivity contribution in [3.8, 4) is 5.75 Å². The Balaban J connectivity index is 2.34. The van der Waals surface area contributed by atoms with E-state index >= 15 is 0 Å². The van der Waals surface area contributed by atoms with Gasteiger partial charge in [-0.25, -0.2) is 4.79 Å². The van der Waals surface area contributed by atoms with Crippen molar-refractivity contribution >= 4 is 12.0 Å². The van der Waals surface area contributed by atoms with Gasteiger partial charge in [-0.05, 0) is 80.0 Å². The first-order valence-electron chi connectivity index (χ1n) is 16.4. The minimum absolute atomic E-state index is 0.0367. The summed E-state index contributed by atoms with van der Waals surface area (Å²) in [6.45, 7) is 23.3. The summed E-state index contributed by atoms with van der Waals surface area (Å²) in [7, 11) is 0. The van der Waals surface area contributed by atoms with Crippen LogP contribution in [0.25, 0.3) is 0 Å². The zero-order chi connectivity index (χ0) is 33.8. The van der Waals surface area contributed by atoms with Crippen molar-refractivity contribution in [3.63, 3.8) is 0 Å². The van der Waals surface area contributed by atoms with Crippen molar-refractivity contribution in [3.05, 3.63) is 77.4 Å². The maximum Gasteiger partial charge on any atom is 0.407 e. The second-order valence-corrected chi connectivity index (χ2v) is 14.5. The minimum Gasteiger partial charge on any atom is -0.489 e. The number of carbonyl (C=O) groups excluding carboxylic acids is 2. The van der Waals surface area contributed by atoms with Crippen LogP contribution in [0.15, 0.2) is 60.7 Å². The molecule has 3 atom stereocenters. The molecule has 2 amide bonds. The molecule has 0 saturated heterocycles. The molecule has 0 aliphatic heterocycles. The van der Waals surface area contributed by atoms with E-state index in [1.807, 2.05) is 18.2 Å². The van der Waals surface area contributed by atoms with E-state index in [0.717, 1.165) is 29.7 Å². The molecule has 2 rings (SSSR count). The first-order chi connectivity index (χ1) is 21.0. The summed E-state index contributed by atoms with van der Waals surface area (Å²) in [5, 5.41) is 17.2. The Morgan fingerprint density at radius 2 is 1.67 bits per heavy atom. The zero-order valence-electron chi connectivity index (χ0n) is 29.2. The SMILES string of the molecule is C=C(C[C@H](O)[C@H](C[C@H](Cc1ccc(C(C)(C)C)cc1OCc1ccccc1)C(C)C)NC(=O)OC(C)(C)C)C(=O)NCCCC. The lowest BCUT2D eigenvalue weighted by Crippen LogP contribution is -2.47. The summed E-state index contributed by atoms with van der Waals surface area (Å²) in [6, 6.07) is 15.9. The first-order valence-corrected chi connectivity index (χ1v) is 16.4. The summed E-state index contributed by atoms with van der Waals surface area (Å²) in [6.07, 6.45) is 1.40. The lowest BCUT2D eigenvalue weighted by Gasteiger charge is -2.32. The van der Waals surface area contributed by atoms with E-state index in [-0.39, 0.29) is 35.2 Å². The van der Waals surface area contributed by atoms with Gasteiger partial charge in [-0.3, -0.25) is 4.79 Å². The number of alkyl carbamates (subject to hydrolysis) is 1. The van der Waals surface area contributed by atoms with Crippen LogP contribution in [0.3, 0.4) is 0 Å². The third kappa shape index (κ3) is 13.7. The van der Waals surface area contributed by atoms with Crippen LogP contribution in [0.4, 0.5) is 4.79 Å². The Morgan fingerprint density at radius 3 is 2.24 bits per heavy atom. The van der Waals surface area contributed by atoms with Gasteiger partial charge in [0.2, 0.25) is 5.91 Å². The van der Waals surface area contributed by atoms with Gasteiger partial charge in [0.05, 0.1) is 12.1 Å². The number of amides is 2. The predicted molar refractivity (Wildman–Crippen MR) is 183 cm³/mol. The number of carbonyl (C=O) groups is 2. The summed E-state index contributed by atoms with van der Waals surface area (Å²) >= 11 is 0. The molecule has 2 aromatic rings. The van der Waals surface area contributed by atoms with Gasteiger partial charge in [0.1, 0.15) is 18.0 Å². The van der Waals surface area contributed by atoms with Crippen LogP contribution in [-0.2, 0) is 28.0 Å². The highest BCUT2D eigenvalue weighted by atomic mass is 16.6. The highest BCUT2D eigenvalue weighted by molar-refractivity contribution is 5.92. The minimum atomic E-state index is -1.03. The third-order valence-corrected chi connectivity index (χ3v) is 7.91. The molecule has 3 N–H and O–H groups in total. The Hall–Kier alpha value is -3.32. The molecule has 2 aromatic carbocycles. The van der Waals surface area contributed by atoms with Crippen molar-refractivity contribution < 1.29 is 24.2 Å². The summed E-state index contributed by atoms with van der Waals surface area (Å²) < 4.78 is 12.0. The fourth-order valence-electron chi connectivity index (χ4n) is 5.02. The van der Waals surface area contributed by atoms with Crippen LogP contribution in [-0.4, -0.2) is 41.4 Å². The van der Waals surface area contributed by atoms with Gasteiger partial charge < -0.3 is 25.2 Å². The molecular formula is C38H58N2O5. The Labute approximate surface area is 272 Å². The molecule has 0 aromatic heterocycles. The highest BCUT2D eigenvalue weighted by Gasteiger charge is 2.30. The van der Waals surface area contributed by atoms with Crippen LogP contribution in [0.5, 0.6) is 5.75 Å². The van der Waals surface area contributed by atoms with E-state index in [1.54, 1.807) is 20.8 Å². The van der Waals surface area contributed by atoms with Gasteiger partial charge >= 0.3 is 6.09 Å². The topological polar surface area (TPSA) is 96.9 Å². The van der Waals surface area contributed by atoms with E-state index in [1.165, 1.54) is 5.56 Å². The molecule has 0 aliphatic rings. The molecule has 0 spiro atoms. The standard InChI is InChI=1S/C38H58N2O5/c1-11-12-20-39-35(42)27(4)21-33(41)32(40-36(43)45-38(8,9)10)23-30(26(2)3)22-29-18-19-31(37(5,6)7)24-34(29)44-25-28-16-14-13-15-17-28/h13-19,24,26,30,32-33,41H,4,11-12,20-23,25H2,1-3,5-10H3,(H,39,42)(H,40,43)/t30-,32-,33-/m0/s1. The summed E-state index contributed by atoms with van der Waals surface area (Å²) in [5.74, 6) is 0.861. The van der Waals surface area contributed by atoms with Gasteiger partial charge in [0.25, 0.3) is 0 Å². The summed E-state index contributed by atoms with van der Waals surface area (Å²) in [4.78, 5) is 25.5. The number of rotatable bonds is 16. The summed E-state index contributed by atoms with van der Waals surface area (Å²) in [5.41, 5.74) is 2.89. The second-order valence-electron chi connectivity index (χ2n) is 14.5. The molecule has 7 nitrogen and oxygen atoms in total. The molecule has 45 heavy (non-hydrogen) atoms. The Kier molecular flexibility index (Phi) is 14.6. The van der Waals surface area contributed by atoms with E-state index < -0.39 is 23.8 Å². The molecule has 0 aliphatic carbocycles. The predicted octanol–water partition coefficient (Wildman–Crippen LogP) is 7.88. The molecular weight excluding hydrogens is 564 g/mol. The van der Waals surface area contributed by atoms with Gasteiger partial charge in [0, 0.05) is 18.5 Å². The van der Waals surface area contributed by atoms with E-state index in [9.17, 15) is 14.7 Å². The van der Waals surface area contributed by atoms with Crippen molar-refractivity contribution in [2.45, 2.75) is 124 Å². The number of hydrogen-bond donors (Lipinski definition) is 3. The maximum absolute atomic E-state index is 12.9. The van der Waals surface area contributed by atoms with E-state index in [4.69, 9.17) is 9.47 Å². The molecule has 7 heteroatoms. The van der Waals surface area contributed by atoms with Gasteiger partial charge in [-0.1, -0.05) is 97.0 Å². The zero-order valence-corrected chi connectivity index (χ0v) is 29.2. The lowest BCUT2D eigenvalue weighted by molar-refractivity contribution is -0.117. The fourth-order valence-corrected chi connectivity index (χ4v) is 5.02. The second kappa shape index (κ2) is 17.4. The number of aliphatic hydroxyl groups is 1. The van der Waals surface area contributed by atoms with E-state index in [0.29, 0.717) is 26.0 Å². The fraction of sp³-hybridized carbons (Fsp3) is 0.579. The largest absolute Gasteiger partial charge is 0.489 e.